The van der Waals surface area contributed by atoms with Crippen molar-refractivity contribution >= 4 is 0 Å². The zero-order chi connectivity index (χ0) is 15.2. The van der Waals surface area contributed by atoms with E-state index in [9.17, 15) is 0 Å². The highest BCUT2D eigenvalue weighted by atomic mass is 16.7. The largest absolute Gasteiger partial charge is 0.454 e. The van der Waals surface area contributed by atoms with Crippen molar-refractivity contribution in [2.45, 2.75) is 13.0 Å². The lowest BCUT2D eigenvalue weighted by atomic mass is 10.1. The molecule has 0 aromatic heterocycles. The van der Waals surface area contributed by atoms with E-state index in [0.29, 0.717) is 12.8 Å². The van der Waals surface area contributed by atoms with Crippen molar-refractivity contribution in [1.82, 2.24) is 15.1 Å². The Morgan fingerprint density at radius 3 is 2.62 bits per heavy atom. The number of nitrogens with zero attached hydrogens (tertiary/aromatic N) is 2. The Labute approximate surface area is 127 Å². The molecule has 0 bridgehead atoms. The maximum absolute atomic E-state index is 5.48. The normalized spacial score (nSPS) is 15.0. The van der Waals surface area contributed by atoms with Crippen LogP contribution in [0.5, 0.6) is 11.5 Å². The minimum absolute atomic E-state index is 0.302. The Bertz CT molecular complexity index is 451. The molecule has 1 N–H and O–H groups in total. The van der Waals surface area contributed by atoms with Gasteiger partial charge in [0, 0.05) is 25.7 Å². The number of ether oxygens (including phenoxy) is 2. The molecule has 0 aliphatic carbocycles. The smallest absolute Gasteiger partial charge is 0.231 e. The van der Waals surface area contributed by atoms with Crippen LogP contribution in [-0.4, -0.2) is 63.9 Å². The first kappa shape index (κ1) is 16.1. The summed E-state index contributed by atoms with van der Waals surface area (Å²) in [4.78, 5) is 4.57. The molecule has 0 saturated carbocycles. The summed E-state index contributed by atoms with van der Waals surface area (Å²) in [6.07, 6.45) is 0. The van der Waals surface area contributed by atoms with Gasteiger partial charge >= 0.3 is 0 Å². The molecular formula is C16H27N3O2. The molecule has 1 unspecified atom stereocenters. The van der Waals surface area contributed by atoms with Gasteiger partial charge in [-0.05, 0) is 45.4 Å². The molecule has 118 valence electrons. The van der Waals surface area contributed by atoms with E-state index in [4.69, 9.17) is 9.47 Å². The van der Waals surface area contributed by atoms with Gasteiger partial charge in [-0.1, -0.05) is 13.0 Å². The van der Waals surface area contributed by atoms with Crippen LogP contribution in [0.25, 0.3) is 0 Å². The average Bonchev–Trinajstić information content (AvgIpc) is 2.92. The Morgan fingerprint density at radius 1 is 1.14 bits per heavy atom. The van der Waals surface area contributed by atoms with Gasteiger partial charge in [0.25, 0.3) is 0 Å². The molecule has 1 aliphatic rings. The summed E-state index contributed by atoms with van der Waals surface area (Å²) >= 11 is 0. The summed E-state index contributed by atoms with van der Waals surface area (Å²) < 4.78 is 10.9. The van der Waals surface area contributed by atoms with Crippen LogP contribution in [0.4, 0.5) is 0 Å². The highest BCUT2D eigenvalue weighted by Crippen LogP contribution is 2.34. The third kappa shape index (κ3) is 4.59. The highest BCUT2D eigenvalue weighted by Gasteiger charge is 2.18. The van der Waals surface area contributed by atoms with Crippen LogP contribution in [0.15, 0.2) is 18.2 Å². The number of fused-ring (bicyclic) bond motifs is 1. The minimum atomic E-state index is 0.302. The van der Waals surface area contributed by atoms with Crippen LogP contribution in [0.2, 0.25) is 0 Å². The third-order valence-electron chi connectivity index (χ3n) is 3.67. The van der Waals surface area contributed by atoms with Gasteiger partial charge in [0.05, 0.1) is 0 Å². The lowest BCUT2D eigenvalue weighted by Crippen LogP contribution is -2.36. The van der Waals surface area contributed by atoms with E-state index >= 15 is 0 Å². The fourth-order valence-electron chi connectivity index (χ4n) is 2.44. The second-order valence-electron chi connectivity index (χ2n) is 5.79. The maximum atomic E-state index is 5.48. The van der Waals surface area contributed by atoms with Gasteiger partial charge in [-0.25, -0.2) is 0 Å². The lowest BCUT2D eigenvalue weighted by Gasteiger charge is -2.26. The van der Waals surface area contributed by atoms with Crippen molar-refractivity contribution in [2.24, 2.45) is 0 Å². The predicted octanol–water partition coefficient (Wildman–Crippen LogP) is 1.56. The molecule has 1 atom stereocenters. The molecule has 21 heavy (non-hydrogen) atoms. The van der Waals surface area contributed by atoms with Crippen molar-refractivity contribution in [3.8, 4) is 11.5 Å². The molecule has 5 nitrogen and oxygen atoms in total. The first-order chi connectivity index (χ1) is 10.1. The molecule has 0 amide bonds. The van der Waals surface area contributed by atoms with E-state index in [2.05, 4.69) is 55.3 Å². The van der Waals surface area contributed by atoms with Crippen LogP contribution in [0.1, 0.15) is 18.5 Å². The number of nitrogens with one attached hydrogen (secondary N) is 1. The second-order valence-corrected chi connectivity index (χ2v) is 5.79. The average molecular weight is 293 g/mol. The van der Waals surface area contributed by atoms with Gasteiger partial charge in [0.2, 0.25) is 6.79 Å². The summed E-state index contributed by atoms with van der Waals surface area (Å²) in [7, 11) is 6.38. The standard InChI is InChI=1S/C16H27N3O2/c1-5-17-14(11-19(4)9-8-18(2)3)13-6-7-15-16(10-13)21-12-20-15/h6-7,10,14,17H,5,8-9,11-12H2,1-4H3. The number of rotatable bonds is 8. The van der Waals surface area contributed by atoms with Gasteiger partial charge in [-0.3, -0.25) is 0 Å². The van der Waals surface area contributed by atoms with Gasteiger partial charge < -0.3 is 24.6 Å². The molecule has 1 heterocycles. The van der Waals surface area contributed by atoms with Crippen LogP contribution in [0.3, 0.4) is 0 Å². The van der Waals surface area contributed by atoms with Crippen LogP contribution in [-0.2, 0) is 0 Å². The summed E-state index contributed by atoms with van der Waals surface area (Å²) in [5, 5.41) is 3.56. The molecule has 1 aromatic rings. The molecule has 1 aliphatic heterocycles. The molecule has 5 heteroatoms. The summed E-state index contributed by atoms with van der Waals surface area (Å²) in [5.41, 5.74) is 1.25. The zero-order valence-corrected chi connectivity index (χ0v) is 13.6. The highest BCUT2D eigenvalue weighted by molar-refractivity contribution is 5.45. The van der Waals surface area contributed by atoms with Gasteiger partial charge in [0.15, 0.2) is 11.5 Å². The molecule has 0 saturated heterocycles. The van der Waals surface area contributed by atoms with E-state index in [1.54, 1.807) is 0 Å². The van der Waals surface area contributed by atoms with Gasteiger partial charge in [-0.2, -0.15) is 0 Å². The summed E-state index contributed by atoms with van der Waals surface area (Å²) in [6, 6.07) is 6.52. The predicted molar refractivity (Wildman–Crippen MR) is 85.0 cm³/mol. The first-order valence-electron chi connectivity index (χ1n) is 7.56. The Morgan fingerprint density at radius 2 is 1.90 bits per heavy atom. The third-order valence-corrected chi connectivity index (χ3v) is 3.67. The fraction of sp³-hybridized carbons (Fsp3) is 0.625. The summed E-state index contributed by atoms with van der Waals surface area (Å²) in [5.74, 6) is 1.70. The van der Waals surface area contributed by atoms with Gasteiger partial charge in [-0.15, -0.1) is 0 Å². The van der Waals surface area contributed by atoms with E-state index in [1.165, 1.54) is 5.56 Å². The fourth-order valence-corrected chi connectivity index (χ4v) is 2.44. The molecule has 0 radical (unpaired) electrons. The van der Waals surface area contributed by atoms with Gasteiger partial charge in [0.1, 0.15) is 0 Å². The minimum Gasteiger partial charge on any atom is -0.454 e. The molecule has 0 fully saturated rings. The van der Waals surface area contributed by atoms with Crippen molar-refractivity contribution in [2.75, 3.05) is 54.1 Å². The molecule has 0 spiro atoms. The lowest BCUT2D eigenvalue weighted by molar-refractivity contribution is 0.174. The Hall–Kier alpha value is -1.30. The molecule has 2 rings (SSSR count). The summed E-state index contributed by atoms with van der Waals surface area (Å²) in [6.45, 7) is 6.51. The SMILES string of the molecule is CCNC(CN(C)CCN(C)C)c1ccc2c(c1)OCO2. The van der Waals surface area contributed by atoms with Crippen molar-refractivity contribution in [3.63, 3.8) is 0 Å². The zero-order valence-electron chi connectivity index (χ0n) is 13.6. The quantitative estimate of drug-likeness (QED) is 0.787. The number of likely N-dealkylation sites (N-methyl/N-ethyl adjacent to an activating group) is 3. The van der Waals surface area contributed by atoms with Crippen LogP contribution >= 0.6 is 0 Å². The van der Waals surface area contributed by atoms with E-state index in [0.717, 1.165) is 37.7 Å². The molecule has 1 aromatic carbocycles. The monoisotopic (exact) mass is 293 g/mol. The van der Waals surface area contributed by atoms with Crippen molar-refractivity contribution < 1.29 is 9.47 Å². The van der Waals surface area contributed by atoms with E-state index in [1.807, 2.05) is 6.07 Å². The first-order valence-corrected chi connectivity index (χ1v) is 7.56. The second kappa shape index (κ2) is 7.64. The number of hydrogen-bond donors (Lipinski definition) is 1. The Kier molecular flexibility index (Phi) is 5.85. The van der Waals surface area contributed by atoms with E-state index < -0.39 is 0 Å². The van der Waals surface area contributed by atoms with Crippen molar-refractivity contribution in [3.05, 3.63) is 23.8 Å². The Balaban J connectivity index is 2.01. The van der Waals surface area contributed by atoms with Crippen LogP contribution < -0.4 is 14.8 Å². The molecular weight excluding hydrogens is 266 g/mol. The topological polar surface area (TPSA) is 37.0 Å². The van der Waals surface area contributed by atoms with E-state index in [-0.39, 0.29) is 0 Å². The van der Waals surface area contributed by atoms with Crippen molar-refractivity contribution in [1.29, 1.82) is 0 Å². The maximum Gasteiger partial charge on any atom is 0.231 e. The number of benzene rings is 1. The number of hydrogen-bond acceptors (Lipinski definition) is 5. The van der Waals surface area contributed by atoms with Crippen LogP contribution in [0, 0.1) is 0 Å².